The van der Waals surface area contributed by atoms with Gasteiger partial charge in [0.2, 0.25) is 0 Å². The number of benzene rings is 2. The molecule has 2 nitrogen and oxygen atoms in total. The second-order valence-electron chi connectivity index (χ2n) is 5.84. The van der Waals surface area contributed by atoms with E-state index in [2.05, 4.69) is 12.1 Å². The standard InChI is InChI=1S/C18H20O2/c1-13(2)20-17-9-7-16(8-10-17)18(19)11-14-5-3-4-6-15(14)12-18/h3-10,13,19H,11-12H2,1-2H3. The SMILES string of the molecule is CC(C)Oc1ccc(C2(O)Cc3ccccc3C2)cc1. The highest BCUT2D eigenvalue weighted by molar-refractivity contribution is 5.41. The summed E-state index contributed by atoms with van der Waals surface area (Å²) in [6.45, 7) is 4.02. The fourth-order valence-corrected chi connectivity index (χ4v) is 2.92. The predicted octanol–water partition coefficient (Wildman–Crippen LogP) is 3.46. The molecule has 2 heteroatoms. The molecule has 0 bridgehead atoms. The first kappa shape index (κ1) is 13.2. The normalized spacial score (nSPS) is 16.2. The Labute approximate surface area is 120 Å². The minimum Gasteiger partial charge on any atom is -0.491 e. The Balaban J connectivity index is 1.83. The minimum absolute atomic E-state index is 0.166. The topological polar surface area (TPSA) is 29.5 Å². The maximum Gasteiger partial charge on any atom is 0.119 e. The maximum atomic E-state index is 10.9. The van der Waals surface area contributed by atoms with Crippen molar-refractivity contribution in [2.45, 2.75) is 38.4 Å². The van der Waals surface area contributed by atoms with Crippen LogP contribution in [0.15, 0.2) is 48.5 Å². The van der Waals surface area contributed by atoms with Gasteiger partial charge in [-0.2, -0.15) is 0 Å². The molecule has 3 rings (SSSR count). The summed E-state index contributed by atoms with van der Waals surface area (Å²) in [4.78, 5) is 0. The summed E-state index contributed by atoms with van der Waals surface area (Å²) in [5.74, 6) is 0.850. The molecule has 0 saturated heterocycles. The first-order valence-electron chi connectivity index (χ1n) is 7.13. The van der Waals surface area contributed by atoms with Crippen molar-refractivity contribution >= 4 is 0 Å². The largest absolute Gasteiger partial charge is 0.491 e. The molecule has 2 aromatic rings. The van der Waals surface area contributed by atoms with E-state index in [0.717, 1.165) is 11.3 Å². The first-order valence-corrected chi connectivity index (χ1v) is 7.13. The highest BCUT2D eigenvalue weighted by atomic mass is 16.5. The van der Waals surface area contributed by atoms with Crippen LogP contribution in [0.2, 0.25) is 0 Å². The van der Waals surface area contributed by atoms with Gasteiger partial charge >= 0.3 is 0 Å². The highest BCUT2D eigenvalue weighted by Gasteiger charge is 2.36. The zero-order valence-corrected chi connectivity index (χ0v) is 12.0. The van der Waals surface area contributed by atoms with E-state index in [1.54, 1.807) is 0 Å². The number of hydrogen-bond acceptors (Lipinski definition) is 2. The summed E-state index contributed by atoms with van der Waals surface area (Å²) < 4.78 is 5.64. The van der Waals surface area contributed by atoms with Gasteiger partial charge in [-0.1, -0.05) is 36.4 Å². The monoisotopic (exact) mass is 268 g/mol. The van der Waals surface area contributed by atoms with Crippen LogP contribution in [0.5, 0.6) is 5.75 Å². The van der Waals surface area contributed by atoms with Gasteiger partial charge in [0.25, 0.3) is 0 Å². The fourth-order valence-electron chi connectivity index (χ4n) is 2.92. The zero-order valence-electron chi connectivity index (χ0n) is 12.0. The summed E-state index contributed by atoms with van der Waals surface area (Å²) in [5.41, 5.74) is 2.68. The number of hydrogen-bond donors (Lipinski definition) is 1. The lowest BCUT2D eigenvalue weighted by Gasteiger charge is -2.23. The van der Waals surface area contributed by atoms with Gasteiger partial charge in [0.15, 0.2) is 0 Å². The van der Waals surface area contributed by atoms with Crippen LogP contribution >= 0.6 is 0 Å². The third-order valence-corrected chi connectivity index (χ3v) is 3.85. The number of rotatable bonds is 3. The molecule has 104 valence electrons. The van der Waals surface area contributed by atoms with Gasteiger partial charge in [-0.3, -0.25) is 0 Å². The smallest absolute Gasteiger partial charge is 0.119 e. The summed E-state index contributed by atoms with van der Waals surface area (Å²) in [5, 5.41) is 10.9. The molecule has 0 fully saturated rings. The van der Waals surface area contributed by atoms with E-state index in [4.69, 9.17) is 4.74 Å². The number of ether oxygens (including phenoxy) is 1. The lowest BCUT2D eigenvalue weighted by Crippen LogP contribution is -2.26. The Morgan fingerprint density at radius 3 is 2.00 bits per heavy atom. The summed E-state index contributed by atoms with van der Waals surface area (Å²) >= 11 is 0. The molecule has 0 amide bonds. The predicted molar refractivity (Wildman–Crippen MR) is 80.0 cm³/mol. The highest BCUT2D eigenvalue weighted by Crippen LogP contribution is 2.38. The van der Waals surface area contributed by atoms with E-state index in [1.807, 2.05) is 50.2 Å². The molecule has 0 saturated carbocycles. The molecule has 0 unspecified atom stereocenters. The average molecular weight is 268 g/mol. The van der Waals surface area contributed by atoms with E-state index in [0.29, 0.717) is 12.8 Å². The quantitative estimate of drug-likeness (QED) is 0.923. The van der Waals surface area contributed by atoms with E-state index in [1.165, 1.54) is 11.1 Å². The molecule has 0 aromatic heterocycles. The van der Waals surface area contributed by atoms with Crippen molar-refractivity contribution in [1.82, 2.24) is 0 Å². The molecule has 0 radical (unpaired) electrons. The molecular weight excluding hydrogens is 248 g/mol. The zero-order chi connectivity index (χ0) is 14.2. The first-order chi connectivity index (χ1) is 9.57. The third kappa shape index (κ3) is 2.44. The Kier molecular flexibility index (Phi) is 3.27. The molecule has 20 heavy (non-hydrogen) atoms. The van der Waals surface area contributed by atoms with Crippen LogP contribution in [0.3, 0.4) is 0 Å². The third-order valence-electron chi connectivity index (χ3n) is 3.85. The van der Waals surface area contributed by atoms with E-state index < -0.39 is 5.60 Å². The van der Waals surface area contributed by atoms with Gasteiger partial charge in [-0.25, -0.2) is 0 Å². The summed E-state index contributed by atoms with van der Waals surface area (Å²) in [6.07, 6.45) is 1.54. The molecule has 1 aliphatic carbocycles. The molecule has 1 N–H and O–H groups in total. The van der Waals surface area contributed by atoms with Crippen LogP contribution in [0.4, 0.5) is 0 Å². The van der Waals surface area contributed by atoms with Crippen LogP contribution in [-0.2, 0) is 18.4 Å². The Morgan fingerprint density at radius 2 is 1.50 bits per heavy atom. The van der Waals surface area contributed by atoms with E-state index >= 15 is 0 Å². The van der Waals surface area contributed by atoms with Gasteiger partial charge in [-0.05, 0) is 42.7 Å². The van der Waals surface area contributed by atoms with Crippen LogP contribution in [0.1, 0.15) is 30.5 Å². The summed E-state index contributed by atoms with van der Waals surface area (Å²) in [7, 11) is 0. The average Bonchev–Trinajstić information content (AvgIpc) is 2.76. The molecular formula is C18H20O2. The van der Waals surface area contributed by atoms with E-state index in [9.17, 15) is 5.11 Å². The van der Waals surface area contributed by atoms with Crippen LogP contribution in [0.25, 0.3) is 0 Å². The van der Waals surface area contributed by atoms with Crippen molar-refractivity contribution < 1.29 is 9.84 Å². The van der Waals surface area contributed by atoms with Crippen molar-refractivity contribution in [2.24, 2.45) is 0 Å². The molecule has 0 atom stereocenters. The van der Waals surface area contributed by atoms with Gasteiger partial charge in [0.05, 0.1) is 11.7 Å². The molecule has 0 aliphatic heterocycles. The molecule has 0 heterocycles. The molecule has 1 aliphatic rings. The van der Waals surface area contributed by atoms with Crippen molar-refractivity contribution in [1.29, 1.82) is 0 Å². The second-order valence-corrected chi connectivity index (χ2v) is 5.84. The van der Waals surface area contributed by atoms with Crippen molar-refractivity contribution in [3.63, 3.8) is 0 Å². The van der Waals surface area contributed by atoms with Gasteiger partial charge in [0, 0.05) is 12.8 Å². The van der Waals surface area contributed by atoms with Gasteiger partial charge in [0.1, 0.15) is 5.75 Å². The van der Waals surface area contributed by atoms with Crippen LogP contribution in [-0.4, -0.2) is 11.2 Å². The summed E-state index contributed by atoms with van der Waals surface area (Å²) in [6, 6.07) is 16.1. The van der Waals surface area contributed by atoms with E-state index in [-0.39, 0.29) is 6.10 Å². The van der Waals surface area contributed by atoms with Crippen molar-refractivity contribution in [3.05, 3.63) is 65.2 Å². The van der Waals surface area contributed by atoms with Gasteiger partial charge < -0.3 is 9.84 Å². The molecule has 0 spiro atoms. The molecule has 2 aromatic carbocycles. The van der Waals surface area contributed by atoms with Crippen molar-refractivity contribution in [3.8, 4) is 5.75 Å². The minimum atomic E-state index is -0.778. The van der Waals surface area contributed by atoms with Crippen LogP contribution in [0, 0.1) is 0 Å². The number of fused-ring (bicyclic) bond motifs is 1. The van der Waals surface area contributed by atoms with Crippen LogP contribution < -0.4 is 4.74 Å². The number of aliphatic hydroxyl groups is 1. The lowest BCUT2D eigenvalue weighted by molar-refractivity contribution is 0.0481. The maximum absolute atomic E-state index is 10.9. The Hall–Kier alpha value is -1.80. The lowest BCUT2D eigenvalue weighted by atomic mass is 9.91. The van der Waals surface area contributed by atoms with Gasteiger partial charge in [-0.15, -0.1) is 0 Å². The Bertz CT molecular complexity index is 574. The Morgan fingerprint density at radius 1 is 0.950 bits per heavy atom. The second kappa shape index (κ2) is 4.95. The van der Waals surface area contributed by atoms with Crippen molar-refractivity contribution in [2.75, 3.05) is 0 Å². The fraction of sp³-hybridized carbons (Fsp3) is 0.333.